The van der Waals surface area contributed by atoms with Crippen molar-refractivity contribution in [2.24, 2.45) is 0 Å². The third-order valence-corrected chi connectivity index (χ3v) is 2.72. The molecule has 1 aliphatic heterocycles. The number of aliphatic hydroxyl groups excluding tert-OH is 1. The molecule has 0 bridgehead atoms. The summed E-state index contributed by atoms with van der Waals surface area (Å²) >= 11 is 0. The van der Waals surface area contributed by atoms with Crippen molar-refractivity contribution < 1.29 is 14.6 Å². The number of hydrogen-bond acceptors (Lipinski definition) is 5. The highest BCUT2D eigenvalue weighted by Gasteiger charge is 2.39. The largest absolute Gasteiger partial charge is 0.393 e. The van der Waals surface area contributed by atoms with E-state index >= 15 is 0 Å². The number of rotatable bonds is 8. The van der Waals surface area contributed by atoms with Crippen molar-refractivity contribution in [1.29, 1.82) is 0 Å². The molecule has 1 saturated heterocycles. The van der Waals surface area contributed by atoms with E-state index in [0.29, 0.717) is 12.8 Å². The maximum atomic E-state index is 11.4. The summed E-state index contributed by atoms with van der Waals surface area (Å²) in [6.07, 6.45) is 1.06. The monoisotopic (exact) mass is 230 g/mol. The molecule has 94 valence electrons. The van der Waals surface area contributed by atoms with Crippen LogP contribution in [0, 0.1) is 0 Å². The standard InChI is InChI=1S/C11H22N2O3/c1-7(14)4-5-9(8(2)15)13-11-10(16-11)6-12-3/h7,9-14H,4-6H2,1-3H3. The van der Waals surface area contributed by atoms with Crippen molar-refractivity contribution in [2.75, 3.05) is 13.6 Å². The van der Waals surface area contributed by atoms with Crippen LogP contribution in [0.3, 0.4) is 0 Å². The minimum absolute atomic E-state index is 0.0182. The summed E-state index contributed by atoms with van der Waals surface area (Å²) in [5, 5.41) is 15.4. The van der Waals surface area contributed by atoms with E-state index in [1.165, 1.54) is 0 Å². The third kappa shape index (κ3) is 4.57. The maximum absolute atomic E-state index is 11.4. The Balaban J connectivity index is 2.27. The average molecular weight is 230 g/mol. The number of carbonyl (C=O) groups is 1. The predicted molar refractivity (Wildman–Crippen MR) is 61.1 cm³/mol. The minimum Gasteiger partial charge on any atom is -0.393 e. The van der Waals surface area contributed by atoms with Gasteiger partial charge in [-0.15, -0.1) is 0 Å². The number of ether oxygens (including phenoxy) is 1. The molecule has 0 aromatic rings. The van der Waals surface area contributed by atoms with Gasteiger partial charge in [0.05, 0.1) is 12.1 Å². The number of carbonyl (C=O) groups excluding carboxylic acids is 1. The van der Waals surface area contributed by atoms with Crippen molar-refractivity contribution in [3.05, 3.63) is 0 Å². The predicted octanol–water partition coefficient (Wildman–Crippen LogP) is -0.361. The Morgan fingerprint density at radius 3 is 2.69 bits per heavy atom. The fourth-order valence-electron chi connectivity index (χ4n) is 1.66. The zero-order chi connectivity index (χ0) is 12.1. The van der Waals surface area contributed by atoms with E-state index in [1.807, 2.05) is 7.05 Å². The SMILES string of the molecule is CNCC1OC1NC(CCC(C)O)C(C)=O. The molecule has 1 fully saturated rings. The molecule has 1 heterocycles. The van der Waals surface area contributed by atoms with Gasteiger partial charge >= 0.3 is 0 Å². The first-order chi connectivity index (χ1) is 7.54. The number of aliphatic hydroxyl groups is 1. The van der Waals surface area contributed by atoms with Crippen LogP contribution in [0.5, 0.6) is 0 Å². The van der Waals surface area contributed by atoms with Crippen LogP contribution < -0.4 is 10.6 Å². The van der Waals surface area contributed by atoms with Gasteiger partial charge in [-0.3, -0.25) is 10.1 Å². The van der Waals surface area contributed by atoms with Gasteiger partial charge in [-0.2, -0.15) is 0 Å². The highest BCUT2D eigenvalue weighted by molar-refractivity contribution is 5.81. The van der Waals surface area contributed by atoms with Crippen LogP contribution in [0.4, 0.5) is 0 Å². The van der Waals surface area contributed by atoms with Gasteiger partial charge in [0.1, 0.15) is 18.1 Å². The number of hydrogen-bond donors (Lipinski definition) is 3. The summed E-state index contributed by atoms with van der Waals surface area (Å²) < 4.78 is 5.36. The van der Waals surface area contributed by atoms with Crippen LogP contribution in [0.25, 0.3) is 0 Å². The van der Waals surface area contributed by atoms with E-state index < -0.39 is 0 Å². The molecule has 0 amide bonds. The zero-order valence-corrected chi connectivity index (χ0v) is 10.2. The summed E-state index contributed by atoms with van der Waals surface area (Å²) in [4.78, 5) is 11.4. The van der Waals surface area contributed by atoms with Gasteiger partial charge in [-0.1, -0.05) is 0 Å². The zero-order valence-electron chi connectivity index (χ0n) is 10.2. The van der Waals surface area contributed by atoms with Gasteiger partial charge in [-0.05, 0) is 33.7 Å². The lowest BCUT2D eigenvalue weighted by molar-refractivity contribution is -0.119. The Labute approximate surface area is 96.6 Å². The molecule has 0 aromatic heterocycles. The van der Waals surface area contributed by atoms with Crippen LogP contribution in [0.15, 0.2) is 0 Å². The molecule has 0 radical (unpaired) electrons. The van der Waals surface area contributed by atoms with Gasteiger partial charge in [0, 0.05) is 6.54 Å². The van der Waals surface area contributed by atoms with Gasteiger partial charge < -0.3 is 15.2 Å². The molecule has 16 heavy (non-hydrogen) atoms. The Hall–Kier alpha value is -0.490. The fourth-order valence-corrected chi connectivity index (χ4v) is 1.66. The quantitative estimate of drug-likeness (QED) is 0.497. The molecule has 4 atom stereocenters. The van der Waals surface area contributed by atoms with Crippen molar-refractivity contribution in [2.45, 2.75) is 51.2 Å². The molecule has 0 spiro atoms. The average Bonchev–Trinajstić information content (AvgIpc) is 2.91. The number of ketones is 1. The number of epoxide rings is 1. The Morgan fingerprint density at radius 1 is 1.50 bits per heavy atom. The number of nitrogens with one attached hydrogen (secondary N) is 2. The van der Waals surface area contributed by atoms with Gasteiger partial charge in [-0.25, -0.2) is 0 Å². The van der Waals surface area contributed by atoms with E-state index in [4.69, 9.17) is 4.74 Å². The molecule has 0 aromatic carbocycles. The Bertz CT molecular complexity index is 233. The highest BCUT2D eigenvalue weighted by Crippen LogP contribution is 2.19. The van der Waals surface area contributed by atoms with Gasteiger partial charge in [0.2, 0.25) is 0 Å². The second kappa shape index (κ2) is 6.30. The molecular weight excluding hydrogens is 208 g/mol. The summed E-state index contributed by atoms with van der Waals surface area (Å²) in [5.74, 6) is 0.0966. The first-order valence-electron chi connectivity index (χ1n) is 5.79. The second-order valence-corrected chi connectivity index (χ2v) is 4.41. The molecule has 4 unspecified atom stereocenters. The van der Waals surface area contributed by atoms with Crippen LogP contribution in [0.2, 0.25) is 0 Å². The summed E-state index contributed by atoms with van der Waals surface area (Å²) in [7, 11) is 1.87. The second-order valence-electron chi connectivity index (χ2n) is 4.41. The highest BCUT2D eigenvalue weighted by atomic mass is 16.6. The van der Waals surface area contributed by atoms with Crippen molar-refractivity contribution in [3.8, 4) is 0 Å². The fraction of sp³-hybridized carbons (Fsp3) is 0.909. The van der Waals surface area contributed by atoms with Crippen LogP contribution >= 0.6 is 0 Å². The molecule has 1 aliphatic rings. The lowest BCUT2D eigenvalue weighted by Gasteiger charge is -2.15. The van der Waals surface area contributed by atoms with Gasteiger partial charge in [0.25, 0.3) is 0 Å². The van der Waals surface area contributed by atoms with Crippen LogP contribution in [-0.2, 0) is 9.53 Å². The molecule has 5 heteroatoms. The molecule has 0 aliphatic carbocycles. The van der Waals surface area contributed by atoms with Crippen molar-refractivity contribution in [1.82, 2.24) is 10.6 Å². The topological polar surface area (TPSA) is 73.9 Å². The molecule has 0 saturated carbocycles. The molecule has 5 nitrogen and oxygen atoms in total. The minimum atomic E-state index is -0.364. The molecule has 3 N–H and O–H groups in total. The third-order valence-electron chi connectivity index (χ3n) is 2.72. The van der Waals surface area contributed by atoms with E-state index in [2.05, 4.69) is 10.6 Å². The molecule has 1 rings (SSSR count). The Kier molecular flexibility index (Phi) is 5.34. The van der Waals surface area contributed by atoms with Crippen molar-refractivity contribution in [3.63, 3.8) is 0 Å². The number of Topliss-reactive ketones (excluding diaryl/α,β-unsaturated/α-hetero) is 1. The van der Waals surface area contributed by atoms with E-state index in [-0.39, 0.29) is 30.3 Å². The lowest BCUT2D eigenvalue weighted by Crippen LogP contribution is -2.39. The summed E-state index contributed by atoms with van der Waals surface area (Å²) in [5.41, 5.74) is 0. The Morgan fingerprint density at radius 2 is 2.19 bits per heavy atom. The van der Waals surface area contributed by atoms with Gasteiger partial charge in [0.15, 0.2) is 0 Å². The lowest BCUT2D eigenvalue weighted by atomic mass is 10.1. The first-order valence-corrected chi connectivity index (χ1v) is 5.79. The normalized spacial score (nSPS) is 27.5. The number of likely N-dealkylation sites (N-methyl/N-ethyl adjacent to an activating group) is 1. The van der Waals surface area contributed by atoms with E-state index in [0.717, 1.165) is 6.54 Å². The van der Waals surface area contributed by atoms with Crippen molar-refractivity contribution >= 4 is 5.78 Å². The molecular formula is C11H22N2O3. The van der Waals surface area contributed by atoms with E-state index in [1.54, 1.807) is 13.8 Å². The smallest absolute Gasteiger partial charge is 0.146 e. The summed E-state index contributed by atoms with van der Waals surface area (Å²) in [6.45, 7) is 4.09. The summed E-state index contributed by atoms with van der Waals surface area (Å²) in [6, 6.07) is -0.207. The van der Waals surface area contributed by atoms with E-state index in [9.17, 15) is 9.90 Å². The maximum Gasteiger partial charge on any atom is 0.146 e. The van der Waals surface area contributed by atoms with Crippen LogP contribution in [-0.4, -0.2) is 49.0 Å². The first kappa shape index (κ1) is 13.6. The van der Waals surface area contributed by atoms with Crippen LogP contribution in [0.1, 0.15) is 26.7 Å².